The summed E-state index contributed by atoms with van der Waals surface area (Å²) in [5, 5.41) is 9.18. The van der Waals surface area contributed by atoms with Crippen LogP contribution in [-0.2, 0) is 6.42 Å². The van der Waals surface area contributed by atoms with Crippen LogP contribution in [0.3, 0.4) is 0 Å². The molecule has 2 aromatic carbocycles. The molecule has 0 aromatic heterocycles. The summed E-state index contributed by atoms with van der Waals surface area (Å²) >= 11 is 0. The maximum Gasteiger partial charge on any atom is 0.339 e. The molecule has 0 fully saturated rings. The van der Waals surface area contributed by atoms with Crippen molar-refractivity contribution in [1.29, 1.82) is 0 Å². The number of carboxylic acid groups (broad SMARTS) is 1. The van der Waals surface area contributed by atoms with Crippen LogP contribution >= 0.6 is 0 Å². The Morgan fingerprint density at radius 1 is 1.00 bits per heavy atom. The highest BCUT2D eigenvalue weighted by Crippen LogP contribution is 2.25. The van der Waals surface area contributed by atoms with Gasteiger partial charge in [-0.2, -0.15) is 0 Å². The highest BCUT2D eigenvalue weighted by Gasteiger charge is 2.12. The van der Waals surface area contributed by atoms with Crippen molar-refractivity contribution >= 4 is 5.97 Å². The molecule has 0 amide bonds. The number of ether oxygens (including phenoxy) is 3. The van der Waals surface area contributed by atoms with Crippen LogP contribution in [-0.4, -0.2) is 31.4 Å². The van der Waals surface area contributed by atoms with E-state index >= 15 is 0 Å². The molecule has 0 saturated carbocycles. The van der Waals surface area contributed by atoms with Gasteiger partial charge in [0.2, 0.25) is 0 Å². The van der Waals surface area contributed by atoms with Gasteiger partial charge in [-0.25, -0.2) is 4.79 Å². The zero-order valence-electron chi connectivity index (χ0n) is 14.0. The molecule has 2 rings (SSSR count). The maximum atomic E-state index is 11.2. The van der Waals surface area contributed by atoms with Crippen LogP contribution < -0.4 is 14.2 Å². The summed E-state index contributed by atoms with van der Waals surface area (Å²) in [4.78, 5) is 11.2. The summed E-state index contributed by atoms with van der Waals surface area (Å²) in [5.41, 5.74) is 1.38. The van der Waals surface area contributed by atoms with Crippen molar-refractivity contribution in [3.63, 3.8) is 0 Å². The van der Waals surface area contributed by atoms with E-state index in [1.165, 1.54) is 18.7 Å². The average molecular weight is 330 g/mol. The van der Waals surface area contributed by atoms with E-state index in [9.17, 15) is 9.90 Å². The van der Waals surface area contributed by atoms with Gasteiger partial charge < -0.3 is 19.3 Å². The topological polar surface area (TPSA) is 65.0 Å². The first-order valence-electron chi connectivity index (χ1n) is 7.90. The maximum absolute atomic E-state index is 11.2. The fourth-order valence-corrected chi connectivity index (χ4v) is 2.28. The van der Waals surface area contributed by atoms with Gasteiger partial charge in [0.1, 0.15) is 36.0 Å². The first-order valence-corrected chi connectivity index (χ1v) is 7.90. The molecule has 0 aliphatic heterocycles. The molecule has 1 N–H and O–H groups in total. The second kappa shape index (κ2) is 8.82. The Bertz CT molecular complexity index is 664. The molecule has 0 saturated heterocycles. The summed E-state index contributed by atoms with van der Waals surface area (Å²) in [7, 11) is 1.52. The van der Waals surface area contributed by atoms with Crippen molar-refractivity contribution in [1.82, 2.24) is 0 Å². The lowest BCUT2D eigenvalue weighted by Crippen LogP contribution is -2.11. The minimum atomic E-state index is -1.04. The van der Waals surface area contributed by atoms with Crippen LogP contribution in [0.4, 0.5) is 0 Å². The van der Waals surface area contributed by atoms with Crippen LogP contribution in [0.25, 0.3) is 0 Å². The van der Waals surface area contributed by atoms with Gasteiger partial charge in [-0.3, -0.25) is 0 Å². The van der Waals surface area contributed by atoms with Crippen LogP contribution in [0.2, 0.25) is 0 Å². The Morgan fingerprint density at radius 2 is 1.67 bits per heavy atom. The molecule has 0 atom stereocenters. The molecule has 5 nitrogen and oxygen atoms in total. The molecule has 0 unspecified atom stereocenters. The van der Waals surface area contributed by atoms with Crippen LogP contribution in [0.15, 0.2) is 42.5 Å². The number of hydrogen-bond donors (Lipinski definition) is 1. The van der Waals surface area contributed by atoms with Crippen LogP contribution in [0.1, 0.15) is 29.3 Å². The molecule has 0 aliphatic rings. The molecule has 0 radical (unpaired) electrons. The third kappa shape index (κ3) is 4.91. The summed E-state index contributed by atoms with van der Waals surface area (Å²) in [5.74, 6) is 0.536. The molecule has 0 heterocycles. The van der Waals surface area contributed by atoms with Gasteiger partial charge in [0.25, 0.3) is 0 Å². The lowest BCUT2D eigenvalue weighted by atomic mass is 10.1. The predicted molar refractivity (Wildman–Crippen MR) is 91.4 cm³/mol. The third-order valence-electron chi connectivity index (χ3n) is 3.49. The van der Waals surface area contributed by atoms with Crippen molar-refractivity contribution in [2.24, 2.45) is 0 Å². The van der Waals surface area contributed by atoms with Gasteiger partial charge in [0.15, 0.2) is 0 Å². The summed E-state index contributed by atoms with van der Waals surface area (Å²) in [6.07, 6.45) is 2.16. The standard InChI is InChI=1S/C19H22O5/c1-3-4-14-5-7-15(8-6-14)23-11-12-24-18-13-16(22-2)9-10-17(18)19(20)21/h5-10,13H,3-4,11-12H2,1-2H3,(H,20,21). The number of benzene rings is 2. The molecule has 128 valence electrons. The highest BCUT2D eigenvalue weighted by atomic mass is 16.5. The Balaban J connectivity index is 1.88. The number of carboxylic acids is 1. The summed E-state index contributed by atoms with van der Waals surface area (Å²) in [6, 6.07) is 12.6. The van der Waals surface area contributed by atoms with Gasteiger partial charge in [-0.15, -0.1) is 0 Å². The van der Waals surface area contributed by atoms with Gasteiger partial charge in [0, 0.05) is 6.07 Å². The smallest absolute Gasteiger partial charge is 0.339 e. The van der Waals surface area contributed by atoms with E-state index in [-0.39, 0.29) is 17.9 Å². The van der Waals surface area contributed by atoms with Gasteiger partial charge in [-0.05, 0) is 36.2 Å². The van der Waals surface area contributed by atoms with Gasteiger partial charge >= 0.3 is 5.97 Å². The number of methoxy groups -OCH3 is 1. The second-order valence-electron chi connectivity index (χ2n) is 5.26. The van der Waals surface area contributed by atoms with Crippen LogP contribution in [0, 0.1) is 0 Å². The normalized spacial score (nSPS) is 10.2. The number of aryl methyl sites for hydroxylation is 1. The summed E-state index contributed by atoms with van der Waals surface area (Å²) < 4.78 is 16.2. The Labute approximate surface area is 141 Å². The molecule has 24 heavy (non-hydrogen) atoms. The van der Waals surface area contributed by atoms with Crippen molar-refractivity contribution in [2.75, 3.05) is 20.3 Å². The van der Waals surface area contributed by atoms with E-state index in [0.29, 0.717) is 12.4 Å². The number of carbonyl (C=O) groups is 1. The first kappa shape index (κ1) is 17.7. The number of rotatable bonds is 9. The van der Waals surface area contributed by atoms with Crippen molar-refractivity contribution in [2.45, 2.75) is 19.8 Å². The number of aromatic carboxylic acids is 1. The van der Waals surface area contributed by atoms with Crippen molar-refractivity contribution in [3.05, 3.63) is 53.6 Å². The zero-order chi connectivity index (χ0) is 17.4. The molecule has 0 aliphatic carbocycles. The average Bonchev–Trinajstić information content (AvgIpc) is 2.60. The van der Waals surface area contributed by atoms with Gasteiger partial charge in [-0.1, -0.05) is 25.5 Å². The minimum absolute atomic E-state index is 0.0970. The molecule has 5 heteroatoms. The molecule has 2 aromatic rings. The fourth-order valence-electron chi connectivity index (χ4n) is 2.28. The minimum Gasteiger partial charge on any atom is -0.497 e. The zero-order valence-corrected chi connectivity index (χ0v) is 14.0. The van der Waals surface area contributed by atoms with Crippen LogP contribution in [0.5, 0.6) is 17.2 Å². The quantitative estimate of drug-likeness (QED) is 0.708. The molecule has 0 bridgehead atoms. The monoisotopic (exact) mass is 330 g/mol. The largest absolute Gasteiger partial charge is 0.497 e. The highest BCUT2D eigenvalue weighted by molar-refractivity contribution is 5.91. The lowest BCUT2D eigenvalue weighted by Gasteiger charge is -2.12. The fraction of sp³-hybridized carbons (Fsp3) is 0.316. The van der Waals surface area contributed by atoms with E-state index in [0.717, 1.165) is 18.6 Å². The molecular formula is C19H22O5. The Morgan fingerprint density at radius 3 is 2.29 bits per heavy atom. The molecular weight excluding hydrogens is 308 g/mol. The van der Waals surface area contributed by atoms with E-state index in [4.69, 9.17) is 14.2 Å². The lowest BCUT2D eigenvalue weighted by molar-refractivity contribution is 0.0691. The Kier molecular flexibility index (Phi) is 6.49. The third-order valence-corrected chi connectivity index (χ3v) is 3.49. The second-order valence-corrected chi connectivity index (χ2v) is 5.26. The van der Waals surface area contributed by atoms with E-state index < -0.39 is 5.97 Å². The molecule has 0 spiro atoms. The number of hydrogen-bond acceptors (Lipinski definition) is 4. The summed E-state index contributed by atoms with van der Waals surface area (Å²) in [6.45, 7) is 2.71. The van der Waals surface area contributed by atoms with Crippen molar-refractivity contribution < 1.29 is 24.1 Å². The van der Waals surface area contributed by atoms with Gasteiger partial charge in [0.05, 0.1) is 7.11 Å². The Hall–Kier alpha value is -2.69. The van der Waals surface area contributed by atoms with E-state index in [1.54, 1.807) is 12.1 Å². The van der Waals surface area contributed by atoms with E-state index in [1.807, 2.05) is 24.3 Å². The van der Waals surface area contributed by atoms with Crippen molar-refractivity contribution in [3.8, 4) is 17.2 Å². The van der Waals surface area contributed by atoms with E-state index in [2.05, 4.69) is 6.92 Å². The SMILES string of the molecule is CCCc1ccc(OCCOc2cc(OC)ccc2C(=O)O)cc1. The first-order chi connectivity index (χ1) is 11.6. The predicted octanol–water partition coefficient (Wildman–Crippen LogP) is 3.80.